The highest BCUT2D eigenvalue weighted by Gasteiger charge is 2.28. The minimum atomic E-state index is -0.845. The molecule has 0 heterocycles. The molecular formula is C12H13NO2. The van der Waals surface area contributed by atoms with Crippen molar-refractivity contribution in [2.45, 2.75) is 20.0 Å². The number of aldehydes is 1. The van der Waals surface area contributed by atoms with Gasteiger partial charge in [-0.3, -0.25) is 0 Å². The third kappa shape index (κ3) is 2.42. The molecule has 3 nitrogen and oxygen atoms in total. The first kappa shape index (κ1) is 11.4. The summed E-state index contributed by atoms with van der Waals surface area (Å²) in [5.41, 5.74) is 0.370. The summed E-state index contributed by atoms with van der Waals surface area (Å²) in [6, 6.07) is 8.57. The standard InChI is InChI=1S/C12H13NO2/c1-12(2,8-14)11(15)10-5-3-9(7-13)4-6-10/h3-6,8,11,15H,1-2H3/t11-/m0/s1. The van der Waals surface area contributed by atoms with Crippen LogP contribution in [0.1, 0.15) is 31.1 Å². The first-order valence-corrected chi connectivity index (χ1v) is 4.65. The second-order valence-electron chi connectivity index (χ2n) is 4.08. The zero-order valence-corrected chi connectivity index (χ0v) is 8.77. The van der Waals surface area contributed by atoms with Crippen LogP contribution < -0.4 is 0 Å². The molecule has 0 radical (unpaired) electrons. The van der Waals surface area contributed by atoms with Crippen LogP contribution in [0, 0.1) is 16.7 Å². The van der Waals surface area contributed by atoms with Gasteiger partial charge in [-0.15, -0.1) is 0 Å². The molecule has 0 saturated heterocycles. The van der Waals surface area contributed by atoms with Gasteiger partial charge in [0.25, 0.3) is 0 Å². The number of nitrogens with zero attached hydrogens (tertiary/aromatic N) is 1. The van der Waals surface area contributed by atoms with E-state index in [1.54, 1.807) is 38.1 Å². The maximum Gasteiger partial charge on any atom is 0.128 e. The van der Waals surface area contributed by atoms with Gasteiger partial charge in [0.1, 0.15) is 6.29 Å². The summed E-state index contributed by atoms with van der Waals surface area (Å²) in [5, 5.41) is 18.5. The summed E-state index contributed by atoms with van der Waals surface area (Å²) in [6.07, 6.45) is -0.113. The van der Waals surface area contributed by atoms with Crippen LogP contribution in [0.4, 0.5) is 0 Å². The number of rotatable bonds is 3. The van der Waals surface area contributed by atoms with Gasteiger partial charge >= 0.3 is 0 Å². The molecule has 1 N–H and O–H groups in total. The zero-order valence-electron chi connectivity index (χ0n) is 8.77. The summed E-state index contributed by atoms with van der Waals surface area (Å²) < 4.78 is 0. The van der Waals surface area contributed by atoms with E-state index in [1.165, 1.54) is 0 Å². The number of aliphatic hydroxyl groups is 1. The minimum Gasteiger partial charge on any atom is -0.387 e. The maximum atomic E-state index is 10.8. The molecular weight excluding hydrogens is 190 g/mol. The lowest BCUT2D eigenvalue weighted by Crippen LogP contribution is -2.23. The van der Waals surface area contributed by atoms with E-state index < -0.39 is 11.5 Å². The van der Waals surface area contributed by atoms with Crippen LogP contribution in [0.25, 0.3) is 0 Å². The molecule has 0 unspecified atom stereocenters. The Morgan fingerprint density at radius 3 is 2.33 bits per heavy atom. The second-order valence-corrected chi connectivity index (χ2v) is 4.08. The number of nitriles is 1. The highest BCUT2D eigenvalue weighted by molar-refractivity contribution is 5.59. The lowest BCUT2D eigenvalue weighted by Gasteiger charge is -2.24. The van der Waals surface area contributed by atoms with Crippen LogP contribution in [-0.2, 0) is 4.79 Å². The van der Waals surface area contributed by atoms with E-state index in [0.717, 1.165) is 6.29 Å². The van der Waals surface area contributed by atoms with E-state index in [9.17, 15) is 9.90 Å². The Labute approximate surface area is 89.0 Å². The normalized spacial score (nSPS) is 12.9. The predicted molar refractivity (Wildman–Crippen MR) is 56.0 cm³/mol. The fraction of sp³-hybridized carbons (Fsp3) is 0.333. The molecule has 1 atom stereocenters. The predicted octanol–water partition coefficient (Wildman–Crippen LogP) is 1.82. The molecule has 0 fully saturated rings. The molecule has 78 valence electrons. The Bertz CT molecular complexity index is 387. The number of aliphatic hydroxyl groups excluding tert-OH is 1. The lowest BCUT2D eigenvalue weighted by molar-refractivity contribution is -0.120. The van der Waals surface area contributed by atoms with Gasteiger partial charge in [-0.25, -0.2) is 0 Å². The summed E-state index contributed by atoms with van der Waals surface area (Å²) in [7, 11) is 0. The van der Waals surface area contributed by atoms with Crippen LogP contribution in [0.3, 0.4) is 0 Å². The van der Waals surface area contributed by atoms with Crippen molar-refractivity contribution in [2.24, 2.45) is 5.41 Å². The van der Waals surface area contributed by atoms with E-state index in [0.29, 0.717) is 11.1 Å². The number of hydrogen-bond donors (Lipinski definition) is 1. The summed E-state index contributed by atoms with van der Waals surface area (Å²) in [4.78, 5) is 10.8. The monoisotopic (exact) mass is 203 g/mol. The van der Waals surface area contributed by atoms with Gasteiger partial charge in [0.2, 0.25) is 0 Å². The SMILES string of the molecule is CC(C)(C=O)[C@@H](O)c1ccc(C#N)cc1. The van der Waals surface area contributed by atoms with Crippen LogP contribution in [-0.4, -0.2) is 11.4 Å². The van der Waals surface area contributed by atoms with Crippen molar-refractivity contribution >= 4 is 6.29 Å². The Hall–Kier alpha value is -1.66. The van der Waals surface area contributed by atoms with Crippen LogP contribution >= 0.6 is 0 Å². The third-order valence-electron chi connectivity index (χ3n) is 2.36. The molecule has 3 heteroatoms. The molecule has 1 rings (SSSR count). The van der Waals surface area contributed by atoms with E-state index in [1.807, 2.05) is 6.07 Å². The first-order valence-electron chi connectivity index (χ1n) is 4.65. The zero-order chi connectivity index (χ0) is 11.5. The molecule has 0 spiro atoms. The number of carbonyl (C=O) groups is 1. The largest absolute Gasteiger partial charge is 0.387 e. The Morgan fingerprint density at radius 2 is 1.93 bits per heavy atom. The molecule has 0 aliphatic heterocycles. The molecule has 1 aromatic rings. The van der Waals surface area contributed by atoms with E-state index in [2.05, 4.69) is 0 Å². The first-order chi connectivity index (χ1) is 7.01. The summed E-state index contributed by atoms with van der Waals surface area (Å²) >= 11 is 0. The molecule has 0 aromatic heterocycles. The van der Waals surface area contributed by atoms with Gasteiger partial charge in [0, 0.05) is 0 Å². The van der Waals surface area contributed by atoms with Crippen molar-refractivity contribution in [3.63, 3.8) is 0 Å². The Kier molecular flexibility index (Phi) is 3.23. The second kappa shape index (κ2) is 4.24. The average Bonchev–Trinajstić information content (AvgIpc) is 2.28. The van der Waals surface area contributed by atoms with Crippen molar-refractivity contribution in [2.75, 3.05) is 0 Å². The summed E-state index contributed by atoms with van der Waals surface area (Å²) in [6.45, 7) is 3.34. The highest BCUT2D eigenvalue weighted by Crippen LogP contribution is 2.31. The van der Waals surface area contributed by atoms with Gasteiger partial charge in [0.15, 0.2) is 0 Å². The maximum absolute atomic E-state index is 10.8. The lowest BCUT2D eigenvalue weighted by atomic mass is 9.84. The average molecular weight is 203 g/mol. The topological polar surface area (TPSA) is 61.1 Å². The van der Waals surface area contributed by atoms with Gasteiger partial charge in [0.05, 0.1) is 23.2 Å². The Balaban J connectivity index is 2.98. The van der Waals surface area contributed by atoms with Gasteiger partial charge in [-0.1, -0.05) is 26.0 Å². The van der Waals surface area contributed by atoms with E-state index in [4.69, 9.17) is 5.26 Å². The fourth-order valence-corrected chi connectivity index (χ4v) is 1.23. The van der Waals surface area contributed by atoms with Crippen LogP contribution in [0.2, 0.25) is 0 Å². The van der Waals surface area contributed by atoms with E-state index in [-0.39, 0.29) is 0 Å². The number of benzene rings is 1. The Morgan fingerprint density at radius 1 is 1.40 bits per heavy atom. The molecule has 0 saturated carbocycles. The third-order valence-corrected chi connectivity index (χ3v) is 2.36. The minimum absolute atomic E-state index is 0.537. The van der Waals surface area contributed by atoms with Crippen molar-refractivity contribution in [3.05, 3.63) is 35.4 Å². The quantitative estimate of drug-likeness (QED) is 0.762. The number of carbonyl (C=O) groups excluding carboxylic acids is 1. The molecule has 0 aliphatic carbocycles. The fourth-order valence-electron chi connectivity index (χ4n) is 1.23. The van der Waals surface area contributed by atoms with Gasteiger partial charge in [-0.05, 0) is 17.7 Å². The van der Waals surface area contributed by atoms with Crippen LogP contribution in [0.5, 0.6) is 0 Å². The summed E-state index contributed by atoms with van der Waals surface area (Å²) in [5.74, 6) is 0. The van der Waals surface area contributed by atoms with Crippen molar-refractivity contribution in [1.82, 2.24) is 0 Å². The van der Waals surface area contributed by atoms with Crippen LogP contribution in [0.15, 0.2) is 24.3 Å². The van der Waals surface area contributed by atoms with Crippen molar-refractivity contribution in [3.8, 4) is 6.07 Å². The number of hydrogen-bond acceptors (Lipinski definition) is 3. The highest BCUT2D eigenvalue weighted by atomic mass is 16.3. The molecule has 0 bridgehead atoms. The van der Waals surface area contributed by atoms with Gasteiger partial charge < -0.3 is 9.90 Å². The van der Waals surface area contributed by atoms with Crippen molar-refractivity contribution in [1.29, 1.82) is 5.26 Å². The molecule has 1 aromatic carbocycles. The molecule has 0 aliphatic rings. The molecule has 15 heavy (non-hydrogen) atoms. The van der Waals surface area contributed by atoms with Gasteiger partial charge in [-0.2, -0.15) is 5.26 Å². The smallest absolute Gasteiger partial charge is 0.128 e. The van der Waals surface area contributed by atoms with E-state index >= 15 is 0 Å². The van der Waals surface area contributed by atoms with Crippen molar-refractivity contribution < 1.29 is 9.90 Å². The molecule has 0 amide bonds.